The molecule has 0 bridgehead atoms. The van der Waals surface area contributed by atoms with E-state index in [0.29, 0.717) is 13.1 Å². The Kier molecular flexibility index (Phi) is 4.38. The van der Waals surface area contributed by atoms with Gasteiger partial charge in [0, 0.05) is 19.0 Å². The summed E-state index contributed by atoms with van der Waals surface area (Å²) in [6, 6.07) is 0. The summed E-state index contributed by atoms with van der Waals surface area (Å²) in [6.07, 6.45) is -0.789. The highest BCUT2D eigenvalue weighted by atomic mass is 16.6. The molecule has 0 aliphatic carbocycles. The van der Waals surface area contributed by atoms with Crippen molar-refractivity contribution < 1.29 is 14.6 Å². The van der Waals surface area contributed by atoms with Crippen LogP contribution in [0.4, 0.5) is 4.79 Å². The molecule has 1 N–H and O–H groups in total. The van der Waals surface area contributed by atoms with Crippen molar-refractivity contribution in [2.24, 2.45) is 5.92 Å². The number of ether oxygens (including phenoxy) is 1. The fourth-order valence-electron chi connectivity index (χ4n) is 1.98. The van der Waals surface area contributed by atoms with E-state index >= 15 is 0 Å². The summed E-state index contributed by atoms with van der Waals surface area (Å²) in [5.74, 6) is 0.109. The van der Waals surface area contributed by atoms with E-state index < -0.39 is 11.7 Å². The number of rotatable bonds is 2. The van der Waals surface area contributed by atoms with E-state index in [2.05, 4.69) is 0 Å². The topological polar surface area (TPSA) is 53.0 Å². The Hall–Kier alpha value is -0.810. The van der Waals surface area contributed by atoms with Gasteiger partial charge in [0.2, 0.25) is 0 Å². The Labute approximate surface area is 103 Å². The summed E-state index contributed by atoms with van der Waals surface area (Å²) >= 11 is 0. The highest BCUT2D eigenvalue weighted by Gasteiger charge is 2.36. The van der Waals surface area contributed by atoms with E-state index in [1.165, 1.54) is 0 Å². The normalized spacial score (nSPS) is 25.5. The molecule has 0 spiro atoms. The number of amides is 1. The molecule has 5 nitrogen and oxygen atoms in total. The molecule has 0 saturated carbocycles. The SMILES string of the molecule is CN(C)C[C@@H]1CN(C(=O)OC(C)(C)C)C[C@H]1O. The summed E-state index contributed by atoms with van der Waals surface area (Å²) in [6.45, 7) is 7.24. The number of hydrogen-bond acceptors (Lipinski definition) is 4. The van der Waals surface area contributed by atoms with Gasteiger partial charge in [0.15, 0.2) is 0 Å². The van der Waals surface area contributed by atoms with E-state index in [-0.39, 0.29) is 12.0 Å². The van der Waals surface area contributed by atoms with E-state index in [0.717, 1.165) is 6.54 Å². The number of carbonyl (C=O) groups is 1. The van der Waals surface area contributed by atoms with Crippen LogP contribution in [0.15, 0.2) is 0 Å². The number of aliphatic hydroxyl groups excluding tert-OH is 1. The molecule has 0 aromatic rings. The van der Waals surface area contributed by atoms with E-state index in [1.54, 1.807) is 4.90 Å². The number of aliphatic hydroxyl groups is 1. The third-order valence-corrected chi connectivity index (χ3v) is 2.66. The molecule has 1 aliphatic rings. The lowest BCUT2D eigenvalue weighted by atomic mass is 10.1. The molecule has 0 aromatic carbocycles. The van der Waals surface area contributed by atoms with Crippen LogP contribution in [0, 0.1) is 5.92 Å². The third-order valence-electron chi connectivity index (χ3n) is 2.66. The zero-order chi connectivity index (χ0) is 13.2. The van der Waals surface area contributed by atoms with Gasteiger partial charge in [-0.1, -0.05) is 0 Å². The molecule has 0 radical (unpaired) electrons. The minimum Gasteiger partial charge on any atom is -0.444 e. The summed E-state index contributed by atoms with van der Waals surface area (Å²) in [4.78, 5) is 15.4. The first-order chi connectivity index (χ1) is 7.69. The largest absolute Gasteiger partial charge is 0.444 e. The van der Waals surface area contributed by atoms with Crippen LogP contribution in [0.3, 0.4) is 0 Å². The molecule has 0 aromatic heterocycles. The van der Waals surface area contributed by atoms with Crippen LogP contribution in [-0.4, -0.2) is 66.4 Å². The highest BCUT2D eigenvalue weighted by Crippen LogP contribution is 2.20. The second kappa shape index (κ2) is 5.23. The highest BCUT2D eigenvalue weighted by molar-refractivity contribution is 5.68. The first kappa shape index (κ1) is 14.3. The Bertz CT molecular complexity index is 273. The van der Waals surface area contributed by atoms with E-state index in [9.17, 15) is 9.90 Å². The molecule has 0 unspecified atom stereocenters. The van der Waals surface area contributed by atoms with Crippen LogP contribution in [0.25, 0.3) is 0 Å². The van der Waals surface area contributed by atoms with Gasteiger partial charge in [-0.2, -0.15) is 0 Å². The molecule has 1 saturated heterocycles. The maximum absolute atomic E-state index is 11.8. The van der Waals surface area contributed by atoms with Crippen molar-refractivity contribution >= 4 is 6.09 Å². The number of carbonyl (C=O) groups excluding carboxylic acids is 1. The van der Waals surface area contributed by atoms with Crippen molar-refractivity contribution in [3.05, 3.63) is 0 Å². The molecular formula is C12H24N2O3. The van der Waals surface area contributed by atoms with Crippen molar-refractivity contribution in [2.45, 2.75) is 32.5 Å². The van der Waals surface area contributed by atoms with Gasteiger partial charge in [-0.05, 0) is 34.9 Å². The van der Waals surface area contributed by atoms with Crippen LogP contribution >= 0.6 is 0 Å². The predicted molar refractivity (Wildman–Crippen MR) is 65.9 cm³/mol. The second-order valence-electron chi connectivity index (χ2n) is 5.97. The van der Waals surface area contributed by atoms with Gasteiger partial charge in [0.05, 0.1) is 12.6 Å². The van der Waals surface area contributed by atoms with E-state index in [4.69, 9.17) is 4.74 Å². The molecular weight excluding hydrogens is 220 g/mol. The minimum atomic E-state index is -0.484. The third kappa shape index (κ3) is 4.52. The number of hydrogen-bond donors (Lipinski definition) is 1. The van der Waals surface area contributed by atoms with Gasteiger partial charge < -0.3 is 19.6 Å². The molecule has 1 aliphatic heterocycles. The fraction of sp³-hybridized carbons (Fsp3) is 0.917. The predicted octanol–water partition coefficient (Wildman–Crippen LogP) is 0.776. The zero-order valence-electron chi connectivity index (χ0n) is 11.4. The molecule has 1 heterocycles. The van der Waals surface area contributed by atoms with Gasteiger partial charge in [0.1, 0.15) is 5.60 Å². The van der Waals surface area contributed by atoms with Gasteiger partial charge >= 0.3 is 6.09 Å². The minimum absolute atomic E-state index is 0.109. The van der Waals surface area contributed by atoms with Crippen LogP contribution < -0.4 is 0 Å². The van der Waals surface area contributed by atoms with Crippen LogP contribution in [0.5, 0.6) is 0 Å². The smallest absolute Gasteiger partial charge is 0.410 e. The van der Waals surface area contributed by atoms with Gasteiger partial charge in [-0.3, -0.25) is 0 Å². The lowest BCUT2D eigenvalue weighted by Gasteiger charge is -2.24. The number of nitrogens with zero attached hydrogens (tertiary/aromatic N) is 2. The average Bonchev–Trinajstić information content (AvgIpc) is 2.44. The summed E-state index contributed by atoms with van der Waals surface area (Å²) in [5.41, 5.74) is -0.484. The fourth-order valence-corrected chi connectivity index (χ4v) is 1.98. The van der Waals surface area contributed by atoms with Gasteiger partial charge in [-0.15, -0.1) is 0 Å². The summed E-state index contributed by atoms with van der Waals surface area (Å²) < 4.78 is 5.29. The average molecular weight is 244 g/mol. The summed E-state index contributed by atoms with van der Waals surface area (Å²) in [7, 11) is 3.92. The molecule has 17 heavy (non-hydrogen) atoms. The second-order valence-corrected chi connectivity index (χ2v) is 5.97. The van der Waals surface area contributed by atoms with Crippen molar-refractivity contribution in [3.63, 3.8) is 0 Å². The van der Waals surface area contributed by atoms with Gasteiger partial charge in [0.25, 0.3) is 0 Å². The Morgan fingerprint density at radius 2 is 2.00 bits per heavy atom. The summed E-state index contributed by atoms with van der Waals surface area (Å²) in [5, 5.41) is 9.88. The standard InChI is InChI=1S/C12H24N2O3/c1-12(2,3)17-11(16)14-7-9(6-13(4)5)10(15)8-14/h9-10,15H,6-8H2,1-5H3/t9-,10-/m1/s1. The van der Waals surface area contributed by atoms with Crippen LogP contribution in [-0.2, 0) is 4.74 Å². The van der Waals surface area contributed by atoms with E-state index in [1.807, 2.05) is 39.8 Å². The van der Waals surface area contributed by atoms with Crippen LogP contribution in [0.2, 0.25) is 0 Å². The van der Waals surface area contributed by atoms with Crippen molar-refractivity contribution in [1.29, 1.82) is 0 Å². The number of β-amino-alcohol motifs (C(OH)–C–C–N with tert-alkyl or cyclic N) is 1. The lowest BCUT2D eigenvalue weighted by molar-refractivity contribution is 0.0269. The molecule has 1 rings (SSSR count). The molecule has 100 valence electrons. The Balaban J connectivity index is 2.51. The zero-order valence-corrected chi connectivity index (χ0v) is 11.4. The van der Waals surface area contributed by atoms with Crippen molar-refractivity contribution in [3.8, 4) is 0 Å². The van der Waals surface area contributed by atoms with Crippen LogP contribution in [0.1, 0.15) is 20.8 Å². The Morgan fingerprint density at radius 3 is 2.47 bits per heavy atom. The quantitative estimate of drug-likeness (QED) is 0.780. The monoisotopic (exact) mass is 244 g/mol. The first-order valence-electron chi connectivity index (χ1n) is 6.00. The van der Waals surface area contributed by atoms with Gasteiger partial charge in [-0.25, -0.2) is 4.79 Å². The lowest BCUT2D eigenvalue weighted by Crippen LogP contribution is -2.36. The first-order valence-corrected chi connectivity index (χ1v) is 6.00. The van der Waals surface area contributed by atoms with Crippen molar-refractivity contribution in [2.75, 3.05) is 33.7 Å². The van der Waals surface area contributed by atoms with Crippen molar-refractivity contribution in [1.82, 2.24) is 9.80 Å². The molecule has 1 fully saturated rings. The maximum Gasteiger partial charge on any atom is 0.410 e. The molecule has 2 atom stereocenters. The molecule has 5 heteroatoms. The molecule has 1 amide bonds. The number of likely N-dealkylation sites (tertiary alicyclic amines) is 1. The maximum atomic E-state index is 11.8. The Morgan fingerprint density at radius 1 is 1.41 bits per heavy atom.